The highest BCUT2D eigenvalue weighted by molar-refractivity contribution is 8.26. The third-order valence-corrected chi connectivity index (χ3v) is 5.37. The molecule has 3 rings (SSSR count). The normalized spacial score (nSPS) is 22.5. The first-order valence-electron chi connectivity index (χ1n) is 7.71. The van der Waals surface area contributed by atoms with E-state index in [0.29, 0.717) is 27.3 Å². The third kappa shape index (κ3) is 3.58. The highest BCUT2D eigenvalue weighted by atomic mass is 32.2. The average molecular weight is 365 g/mol. The van der Waals surface area contributed by atoms with Crippen LogP contribution in [-0.2, 0) is 9.53 Å². The van der Waals surface area contributed by atoms with E-state index < -0.39 is 0 Å². The van der Waals surface area contributed by atoms with Gasteiger partial charge >= 0.3 is 0 Å². The molecule has 0 N–H and O–H groups in total. The Kier molecular flexibility index (Phi) is 5.43. The summed E-state index contributed by atoms with van der Waals surface area (Å²) < 4.78 is 16.7. The molecule has 0 radical (unpaired) electrons. The summed E-state index contributed by atoms with van der Waals surface area (Å²) in [5.74, 6) is 1.22. The predicted octanol–water partition coefficient (Wildman–Crippen LogP) is 3.08. The number of thiocarbonyl (C=S) groups is 1. The number of hydrogen-bond acceptors (Lipinski definition) is 6. The first-order valence-corrected chi connectivity index (χ1v) is 8.94. The largest absolute Gasteiger partial charge is 0.493 e. The molecule has 2 saturated heterocycles. The van der Waals surface area contributed by atoms with Crippen LogP contribution in [0.5, 0.6) is 11.5 Å². The van der Waals surface area contributed by atoms with E-state index in [1.54, 1.807) is 19.1 Å². The van der Waals surface area contributed by atoms with Gasteiger partial charge in [-0.2, -0.15) is 0 Å². The van der Waals surface area contributed by atoms with E-state index in [9.17, 15) is 4.79 Å². The monoisotopic (exact) mass is 365 g/mol. The second kappa shape index (κ2) is 7.55. The van der Waals surface area contributed by atoms with Crippen molar-refractivity contribution in [3.63, 3.8) is 0 Å². The number of ether oxygens (including phenoxy) is 3. The van der Waals surface area contributed by atoms with E-state index in [4.69, 9.17) is 26.4 Å². The van der Waals surface area contributed by atoms with Gasteiger partial charge < -0.3 is 14.2 Å². The number of thioether (sulfide) groups is 1. The molecule has 1 amide bonds. The summed E-state index contributed by atoms with van der Waals surface area (Å²) in [6.07, 6.45) is 3.94. The van der Waals surface area contributed by atoms with Crippen LogP contribution < -0.4 is 9.47 Å². The Morgan fingerprint density at radius 3 is 2.83 bits per heavy atom. The SMILES string of the molecule is COc1ccc(C=C2SC(=S)N(CC3CCCO3)C2=O)cc1OC. The fourth-order valence-corrected chi connectivity index (χ4v) is 4.02. The van der Waals surface area contributed by atoms with Crippen LogP contribution in [0.2, 0.25) is 0 Å². The van der Waals surface area contributed by atoms with E-state index in [-0.39, 0.29) is 12.0 Å². The van der Waals surface area contributed by atoms with Crippen LogP contribution in [0.25, 0.3) is 6.08 Å². The van der Waals surface area contributed by atoms with Crippen LogP contribution in [0.4, 0.5) is 0 Å². The Labute approximate surface area is 150 Å². The maximum Gasteiger partial charge on any atom is 0.266 e. The lowest BCUT2D eigenvalue weighted by atomic mass is 10.2. The van der Waals surface area contributed by atoms with Gasteiger partial charge in [0.1, 0.15) is 4.32 Å². The highest BCUT2D eigenvalue weighted by Crippen LogP contribution is 2.35. The van der Waals surface area contributed by atoms with E-state index in [2.05, 4.69) is 0 Å². The zero-order valence-electron chi connectivity index (χ0n) is 13.6. The van der Waals surface area contributed by atoms with Crippen molar-refractivity contribution in [1.29, 1.82) is 0 Å². The van der Waals surface area contributed by atoms with E-state index >= 15 is 0 Å². The van der Waals surface area contributed by atoms with Crippen molar-refractivity contribution in [2.75, 3.05) is 27.4 Å². The van der Waals surface area contributed by atoms with E-state index in [0.717, 1.165) is 25.0 Å². The average Bonchev–Trinajstić information content (AvgIpc) is 3.19. The molecule has 1 atom stereocenters. The van der Waals surface area contributed by atoms with Gasteiger partial charge in [0.15, 0.2) is 11.5 Å². The summed E-state index contributed by atoms with van der Waals surface area (Å²) in [7, 11) is 3.18. The Morgan fingerprint density at radius 1 is 1.38 bits per heavy atom. The highest BCUT2D eigenvalue weighted by Gasteiger charge is 2.34. The molecule has 0 bridgehead atoms. The summed E-state index contributed by atoms with van der Waals surface area (Å²) in [4.78, 5) is 14.9. The summed E-state index contributed by atoms with van der Waals surface area (Å²) in [6.45, 7) is 1.30. The molecule has 0 saturated carbocycles. The molecule has 0 aliphatic carbocycles. The number of amides is 1. The number of carbonyl (C=O) groups excluding carboxylic acids is 1. The molecule has 1 aromatic carbocycles. The fourth-order valence-electron chi connectivity index (χ4n) is 2.74. The molecule has 2 heterocycles. The van der Waals surface area contributed by atoms with Gasteiger partial charge in [0.05, 0.1) is 31.8 Å². The predicted molar refractivity (Wildman–Crippen MR) is 98.4 cm³/mol. The summed E-state index contributed by atoms with van der Waals surface area (Å²) >= 11 is 6.69. The minimum absolute atomic E-state index is 0.0599. The Hall–Kier alpha value is -1.57. The van der Waals surface area contributed by atoms with Gasteiger partial charge in [-0.15, -0.1) is 0 Å². The molecule has 0 spiro atoms. The minimum Gasteiger partial charge on any atom is -0.493 e. The van der Waals surface area contributed by atoms with Crippen LogP contribution in [0.15, 0.2) is 23.1 Å². The molecule has 1 aromatic rings. The van der Waals surface area contributed by atoms with Crippen molar-refractivity contribution < 1.29 is 19.0 Å². The lowest BCUT2D eigenvalue weighted by Crippen LogP contribution is -2.35. The van der Waals surface area contributed by atoms with Gasteiger partial charge in [0, 0.05) is 6.61 Å². The number of carbonyl (C=O) groups is 1. The minimum atomic E-state index is -0.0599. The smallest absolute Gasteiger partial charge is 0.266 e. The Bertz CT molecular complexity index is 683. The van der Waals surface area contributed by atoms with Gasteiger partial charge in [-0.1, -0.05) is 30.0 Å². The Morgan fingerprint density at radius 2 is 2.17 bits per heavy atom. The standard InChI is InChI=1S/C17H19NO4S2/c1-20-13-6-5-11(8-14(13)21-2)9-15-16(19)18(17(23)24-15)10-12-4-3-7-22-12/h5-6,8-9,12H,3-4,7,10H2,1-2H3. The molecule has 2 aliphatic rings. The summed E-state index contributed by atoms with van der Waals surface area (Å²) in [5.41, 5.74) is 0.866. The second-order valence-electron chi connectivity index (χ2n) is 5.54. The summed E-state index contributed by atoms with van der Waals surface area (Å²) in [6, 6.07) is 5.54. The maximum absolute atomic E-state index is 12.6. The topological polar surface area (TPSA) is 48.0 Å². The van der Waals surface area contributed by atoms with Crippen molar-refractivity contribution in [3.8, 4) is 11.5 Å². The molecular formula is C17H19NO4S2. The van der Waals surface area contributed by atoms with Crippen LogP contribution in [0.1, 0.15) is 18.4 Å². The van der Waals surface area contributed by atoms with E-state index in [1.807, 2.05) is 24.3 Å². The van der Waals surface area contributed by atoms with Crippen molar-refractivity contribution in [2.24, 2.45) is 0 Å². The molecular weight excluding hydrogens is 346 g/mol. The number of rotatable bonds is 5. The van der Waals surface area contributed by atoms with Crippen molar-refractivity contribution in [3.05, 3.63) is 28.7 Å². The second-order valence-corrected chi connectivity index (χ2v) is 7.22. The van der Waals surface area contributed by atoms with Crippen molar-refractivity contribution in [2.45, 2.75) is 18.9 Å². The van der Waals surface area contributed by atoms with Crippen LogP contribution >= 0.6 is 24.0 Å². The third-order valence-electron chi connectivity index (χ3n) is 3.99. The Balaban J connectivity index is 1.78. The first-order chi connectivity index (χ1) is 11.6. The quantitative estimate of drug-likeness (QED) is 0.590. The molecule has 24 heavy (non-hydrogen) atoms. The number of benzene rings is 1. The zero-order chi connectivity index (χ0) is 17.1. The molecule has 1 unspecified atom stereocenters. The van der Waals surface area contributed by atoms with Gasteiger partial charge in [0.2, 0.25) is 0 Å². The van der Waals surface area contributed by atoms with Crippen LogP contribution in [-0.4, -0.2) is 48.6 Å². The molecule has 128 valence electrons. The van der Waals surface area contributed by atoms with E-state index in [1.165, 1.54) is 11.8 Å². The molecule has 0 aromatic heterocycles. The van der Waals surface area contributed by atoms with Crippen LogP contribution in [0.3, 0.4) is 0 Å². The number of nitrogens with zero attached hydrogens (tertiary/aromatic N) is 1. The molecule has 2 fully saturated rings. The van der Waals surface area contributed by atoms with Crippen LogP contribution in [0, 0.1) is 0 Å². The van der Waals surface area contributed by atoms with Crippen molar-refractivity contribution in [1.82, 2.24) is 4.90 Å². The number of hydrogen-bond donors (Lipinski definition) is 0. The van der Waals surface area contributed by atoms with Gasteiger partial charge in [-0.05, 0) is 36.6 Å². The fraction of sp³-hybridized carbons (Fsp3) is 0.412. The summed E-state index contributed by atoms with van der Waals surface area (Å²) in [5, 5.41) is 0. The lowest BCUT2D eigenvalue weighted by Gasteiger charge is -2.18. The molecule has 5 nitrogen and oxygen atoms in total. The van der Waals surface area contributed by atoms with Gasteiger partial charge in [0.25, 0.3) is 5.91 Å². The maximum atomic E-state index is 12.6. The van der Waals surface area contributed by atoms with Crippen molar-refractivity contribution >= 4 is 40.3 Å². The number of methoxy groups -OCH3 is 2. The first kappa shape index (κ1) is 17.3. The lowest BCUT2D eigenvalue weighted by molar-refractivity contribution is -0.123. The van der Waals surface area contributed by atoms with Gasteiger partial charge in [-0.25, -0.2) is 0 Å². The zero-order valence-corrected chi connectivity index (χ0v) is 15.2. The molecule has 7 heteroatoms. The van der Waals surface area contributed by atoms with Gasteiger partial charge in [-0.3, -0.25) is 9.69 Å². The molecule has 2 aliphatic heterocycles.